The van der Waals surface area contributed by atoms with Gasteiger partial charge in [0.2, 0.25) is 0 Å². The molecule has 0 saturated carbocycles. The highest BCUT2D eigenvalue weighted by Crippen LogP contribution is 2.37. The lowest BCUT2D eigenvalue weighted by Crippen LogP contribution is -2.51. The van der Waals surface area contributed by atoms with E-state index in [2.05, 4.69) is 5.32 Å². The number of halogens is 3. The van der Waals surface area contributed by atoms with Gasteiger partial charge in [0.15, 0.2) is 6.10 Å². The number of hydrogen-bond acceptors (Lipinski definition) is 4. The van der Waals surface area contributed by atoms with Crippen LogP contribution in [0.2, 0.25) is 0 Å². The first-order chi connectivity index (χ1) is 8.91. The van der Waals surface area contributed by atoms with Gasteiger partial charge in [-0.05, 0) is 37.2 Å². The fourth-order valence-corrected chi connectivity index (χ4v) is 3.92. The molecular weight excluding hydrogens is 279 g/mol. The van der Waals surface area contributed by atoms with E-state index >= 15 is 0 Å². The van der Waals surface area contributed by atoms with Crippen molar-refractivity contribution in [3.05, 3.63) is 0 Å². The topological polar surface area (TPSA) is 41.5 Å². The molecule has 0 aromatic rings. The standard InChI is InChI=1S/C12H20F3NO2S/c13-12(14,15)10(17)8-16-9-1-4-18-11(7-9)2-5-19-6-3-11/h9-10,16-17H,1-8H2. The van der Waals surface area contributed by atoms with Crippen molar-refractivity contribution < 1.29 is 23.0 Å². The zero-order valence-corrected chi connectivity index (χ0v) is 11.5. The van der Waals surface area contributed by atoms with Crippen molar-refractivity contribution >= 4 is 11.8 Å². The van der Waals surface area contributed by atoms with E-state index in [1.54, 1.807) is 0 Å². The fourth-order valence-electron chi connectivity index (χ4n) is 2.69. The lowest BCUT2D eigenvalue weighted by molar-refractivity contribution is -0.202. The van der Waals surface area contributed by atoms with E-state index in [1.807, 2.05) is 11.8 Å². The van der Waals surface area contributed by atoms with Crippen LogP contribution in [0.1, 0.15) is 25.7 Å². The van der Waals surface area contributed by atoms with Crippen molar-refractivity contribution in [2.24, 2.45) is 0 Å². The van der Waals surface area contributed by atoms with Crippen LogP contribution in [0, 0.1) is 0 Å². The maximum Gasteiger partial charge on any atom is 0.415 e. The third-order valence-electron chi connectivity index (χ3n) is 3.87. The third kappa shape index (κ3) is 4.24. The quantitative estimate of drug-likeness (QED) is 0.836. The van der Waals surface area contributed by atoms with E-state index in [0.717, 1.165) is 30.8 Å². The van der Waals surface area contributed by atoms with Crippen LogP contribution < -0.4 is 5.32 Å². The normalized spacial score (nSPS) is 29.4. The summed E-state index contributed by atoms with van der Waals surface area (Å²) in [5.74, 6) is 2.11. The van der Waals surface area contributed by atoms with E-state index in [4.69, 9.17) is 9.84 Å². The largest absolute Gasteiger partial charge is 0.415 e. The highest BCUT2D eigenvalue weighted by Gasteiger charge is 2.41. The molecule has 7 heteroatoms. The minimum atomic E-state index is -4.54. The van der Waals surface area contributed by atoms with Gasteiger partial charge in [0.1, 0.15) is 0 Å². The van der Waals surface area contributed by atoms with Crippen LogP contribution in [-0.2, 0) is 4.74 Å². The molecule has 3 nitrogen and oxygen atoms in total. The molecule has 2 heterocycles. The molecule has 2 rings (SSSR count). The lowest BCUT2D eigenvalue weighted by atomic mass is 9.85. The molecule has 0 aromatic carbocycles. The Morgan fingerprint density at radius 1 is 1.37 bits per heavy atom. The van der Waals surface area contributed by atoms with Crippen LogP contribution in [0.5, 0.6) is 0 Å². The summed E-state index contributed by atoms with van der Waals surface area (Å²) in [5.41, 5.74) is -0.148. The van der Waals surface area contributed by atoms with Gasteiger partial charge in [-0.2, -0.15) is 24.9 Å². The molecular formula is C12H20F3NO2S. The average Bonchev–Trinajstić information content (AvgIpc) is 2.36. The third-order valence-corrected chi connectivity index (χ3v) is 4.86. The Bertz CT molecular complexity index is 290. The number of rotatable bonds is 3. The Morgan fingerprint density at radius 2 is 2.05 bits per heavy atom. The SMILES string of the molecule is OC(CNC1CCOC2(CCSCC2)C1)C(F)(F)F. The highest BCUT2D eigenvalue weighted by molar-refractivity contribution is 7.99. The van der Waals surface area contributed by atoms with Crippen LogP contribution in [0.3, 0.4) is 0 Å². The molecule has 2 unspecified atom stereocenters. The summed E-state index contributed by atoms with van der Waals surface area (Å²) in [5, 5.41) is 11.8. The van der Waals surface area contributed by atoms with Crippen molar-refractivity contribution in [2.45, 2.75) is 49.6 Å². The molecule has 2 aliphatic heterocycles. The molecule has 112 valence electrons. The summed E-state index contributed by atoms with van der Waals surface area (Å²) >= 11 is 1.90. The molecule has 0 aliphatic carbocycles. The number of aliphatic hydroxyl groups is 1. The van der Waals surface area contributed by atoms with Gasteiger partial charge < -0.3 is 15.2 Å². The van der Waals surface area contributed by atoms with E-state index in [9.17, 15) is 13.2 Å². The Hall–Kier alpha value is 0.0200. The van der Waals surface area contributed by atoms with E-state index < -0.39 is 18.8 Å². The summed E-state index contributed by atoms with van der Waals surface area (Å²) < 4.78 is 42.6. The number of nitrogens with one attached hydrogen (secondary N) is 1. The monoisotopic (exact) mass is 299 g/mol. The summed E-state index contributed by atoms with van der Waals surface area (Å²) in [6.07, 6.45) is -3.43. The number of ether oxygens (including phenoxy) is 1. The summed E-state index contributed by atoms with van der Waals surface area (Å²) in [7, 11) is 0. The number of thioether (sulfide) groups is 1. The Labute approximate surface area is 115 Å². The summed E-state index contributed by atoms with van der Waals surface area (Å²) in [4.78, 5) is 0. The van der Waals surface area contributed by atoms with Crippen molar-refractivity contribution in [1.29, 1.82) is 0 Å². The highest BCUT2D eigenvalue weighted by atomic mass is 32.2. The second kappa shape index (κ2) is 6.20. The number of aliphatic hydroxyl groups excluding tert-OH is 1. The zero-order valence-electron chi connectivity index (χ0n) is 10.7. The molecule has 19 heavy (non-hydrogen) atoms. The second-order valence-electron chi connectivity index (χ2n) is 5.30. The smallest absolute Gasteiger partial charge is 0.382 e. The first-order valence-electron chi connectivity index (χ1n) is 6.61. The first-order valence-corrected chi connectivity index (χ1v) is 7.77. The van der Waals surface area contributed by atoms with Gasteiger partial charge in [0.05, 0.1) is 5.60 Å². The summed E-state index contributed by atoms with van der Waals surface area (Å²) in [6, 6.07) is 0.00819. The molecule has 2 atom stereocenters. The van der Waals surface area contributed by atoms with Crippen molar-refractivity contribution in [3.63, 3.8) is 0 Å². The maximum absolute atomic E-state index is 12.2. The van der Waals surface area contributed by atoms with E-state index in [-0.39, 0.29) is 11.6 Å². The van der Waals surface area contributed by atoms with Gasteiger partial charge in [-0.1, -0.05) is 0 Å². The molecule has 0 aromatic heterocycles. The lowest BCUT2D eigenvalue weighted by Gasteiger charge is -2.43. The molecule has 2 N–H and O–H groups in total. The van der Waals surface area contributed by atoms with Gasteiger partial charge >= 0.3 is 6.18 Å². The van der Waals surface area contributed by atoms with Gasteiger partial charge in [-0.25, -0.2) is 0 Å². The Balaban J connectivity index is 1.81. The molecule has 0 radical (unpaired) electrons. The zero-order chi connectivity index (χ0) is 13.9. The van der Waals surface area contributed by atoms with E-state index in [0.29, 0.717) is 13.0 Å². The predicted octanol–water partition coefficient (Wildman–Crippen LogP) is 1.94. The fraction of sp³-hybridized carbons (Fsp3) is 1.00. The minimum Gasteiger partial charge on any atom is -0.382 e. The first kappa shape index (κ1) is 15.4. The van der Waals surface area contributed by atoms with Crippen LogP contribution in [0.4, 0.5) is 13.2 Å². The Kier molecular flexibility index (Phi) is 5.03. The Morgan fingerprint density at radius 3 is 2.68 bits per heavy atom. The van der Waals surface area contributed by atoms with Crippen LogP contribution >= 0.6 is 11.8 Å². The van der Waals surface area contributed by atoms with Gasteiger partial charge in [-0.15, -0.1) is 0 Å². The van der Waals surface area contributed by atoms with Crippen LogP contribution in [0.15, 0.2) is 0 Å². The van der Waals surface area contributed by atoms with Gasteiger partial charge in [0, 0.05) is 19.2 Å². The number of alkyl halides is 3. The van der Waals surface area contributed by atoms with Crippen LogP contribution in [0.25, 0.3) is 0 Å². The molecule has 1 spiro atoms. The molecule has 0 bridgehead atoms. The maximum atomic E-state index is 12.2. The van der Waals surface area contributed by atoms with Gasteiger partial charge in [0.25, 0.3) is 0 Å². The summed E-state index contributed by atoms with van der Waals surface area (Å²) in [6.45, 7) is 0.156. The van der Waals surface area contributed by atoms with Crippen molar-refractivity contribution in [3.8, 4) is 0 Å². The molecule has 2 fully saturated rings. The number of hydrogen-bond donors (Lipinski definition) is 2. The van der Waals surface area contributed by atoms with Gasteiger partial charge in [-0.3, -0.25) is 0 Å². The minimum absolute atomic E-state index is 0.00819. The van der Waals surface area contributed by atoms with Crippen molar-refractivity contribution in [1.82, 2.24) is 5.32 Å². The predicted molar refractivity (Wildman–Crippen MR) is 68.3 cm³/mol. The molecule has 2 saturated heterocycles. The molecule has 2 aliphatic rings. The van der Waals surface area contributed by atoms with Crippen molar-refractivity contribution in [2.75, 3.05) is 24.7 Å². The second-order valence-corrected chi connectivity index (χ2v) is 6.52. The van der Waals surface area contributed by atoms with Crippen LogP contribution in [-0.4, -0.2) is 53.7 Å². The molecule has 0 amide bonds. The van der Waals surface area contributed by atoms with E-state index in [1.165, 1.54) is 0 Å². The average molecular weight is 299 g/mol.